The van der Waals surface area contributed by atoms with Crippen LogP contribution < -0.4 is 26.6 Å². The molecule has 162 valence electrons. The number of H-pyrrole nitrogens is 1. The van der Waals surface area contributed by atoms with Crippen molar-refractivity contribution in [3.05, 3.63) is 87.3 Å². The normalized spacial score (nSPS) is 10.8. The Morgan fingerprint density at radius 3 is 2.59 bits per heavy atom. The van der Waals surface area contributed by atoms with Gasteiger partial charge in [-0.05, 0) is 17.7 Å². The molecule has 4 aromatic rings. The van der Waals surface area contributed by atoms with Crippen LogP contribution in [0.5, 0.6) is 5.88 Å². The summed E-state index contributed by atoms with van der Waals surface area (Å²) in [4.78, 5) is 49.1. The number of benzene rings is 2. The molecule has 0 saturated heterocycles. The zero-order chi connectivity index (χ0) is 22.7. The van der Waals surface area contributed by atoms with Gasteiger partial charge in [0, 0.05) is 7.05 Å². The predicted octanol–water partition coefficient (Wildman–Crippen LogP) is 1.15. The van der Waals surface area contributed by atoms with Gasteiger partial charge < -0.3 is 15.4 Å². The zero-order valence-corrected chi connectivity index (χ0v) is 17.2. The fraction of sp³-hybridized carbons (Fsp3) is 0.136. The molecule has 0 atom stereocenters. The lowest BCUT2D eigenvalue weighted by molar-refractivity contribution is -0.120. The highest BCUT2D eigenvalue weighted by Gasteiger charge is 2.22. The first-order valence-corrected chi connectivity index (χ1v) is 9.71. The van der Waals surface area contributed by atoms with Crippen molar-refractivity contribution >= 4 is 28.3 Å². The van der Waals surface area contributed by atoms with E-state index in [1.54, 1.807) is 12.1 Å². The smallest absolute Gasteiger partial charge is 0.330 e. The molecule has 2 heterocycles. The fourth-order valence-electron chi connectivity index (χ4n) is 3.27. The van der Waals surface area contributed by atoms with Gasteiger partial charge in [-0.15, -0.1) is 0 Å². The number of hydrogen-bond donors (Lipinski definition) is 2. The summed E-state index contributed by atoms with van der Waals surface area (Å²) in [7, 11) is 1.39. The summed E-state index contributed by atoms with van der Waals surface area (Å²) in [6, 6.07) is 16.4. The third-order valence-corrected chi connectivity index (χ3v) is 4.95. The maximum absolute atomic E-state index is 12.8. The van der Waals surface area contributed by atoms with Crippen LogP contribution in [0.25, 0.3) is 10.9 Å². The first-order valence-electron chi connectivity index (χ1n) is 9.71. The molecule has 0 saturated carbocycles. The van der Waals surface area contributed by atoms with Gasteiger partial charge in [-0.1, -0.05) is 42.5 Å². The van der Waals surface area contributed by atoms with E-state index in [0.717, 1.165) is 10.5 Å². The van der Waals surface area contributed by atoms with E-state index in [1.165, 1.54) is 17.9 Å². The van der Waals surface area contributed by atoms with E-state index in [4.69, 9.17) is 10.5 Å². The molecule has 0 radical (unpaired) electrons. The Kier molecular flexibility index (Phi) is 5.67. The number of nitrogens with one attached hydrogen (secondary N) is 1. The molecule has 2 aromatic heterocycles. The molecule has 2 aromatic carbocycles. The predicted molar refractivity (Wildman–Crippen MR) is 120 cm³/mol. The Bertz CT molecular complexity index is 1390. The summed E-state index contributed by atoms with van der Waals surface area (Å²) in [6.07, 6.45) is 1.34. The topological polar surface area (TPSA) is 136 Å². The number of carbonyl (C=O) groups excluding carboxylic acids is 1. The summed E-state index contributed by atoms with van der Waals surface area (Å²) >= 11 is 0. The number of nitrogens with two attached hydrogens (primary N) is 1. The number of ether oxygens (including phenoxy) is 1. The maximum Gasteiger partial charge on any atom is 0.330 e. The van der Waals surface area contributed by atoms with Crippen molar-refractivity contribution in [3.63, 3.8) is 0 Å². The summed E-state index contributed by atoms with van der Waals surface area (Å²) in [6.45, 7) is -0.255. The van der Waals surface area contributed by atoms with Gasteiger partial charge in [0.1, 0.15) is 12.1 Å². The Morgan fingerprint density at radius 2 is 1.81 bits per heavy atom. The van der Waals surface area contributed by atoms with E-state index < -0.39 is 23.8 Å². The number of hydrogen-bond acceptors (Lipinski definition) is 7. The molecule has 0 bridgehead atoms. The van der Waals surface area contributed by atoms with Crippen molar-refractivity contribution in [1.82, 2.24) is 19.5 Å². The number of aromatic amines is 1. The van der Waals surface area contributed by atoms with E-state index >= 15 is 0 Å². The molecule has 32 heavy (non-hydrogen) atoms. The molecule has 0 aliphatic heterocycles. The Hall–Kier alpha value is -4.47. The highest BCUT2D eigenvalue weighted by molar-refractivity contribution is 5.96. The van der Waals surface area contributed by atoms with Crippen molar-refractivity contribution in [2.24, 2.45) is 0 Å². The highest BCUT2D eigenvalue weighted by Crippen LogP contribution is 2.21. The first kappa shape index (κ1) is 20.8. The Morgan fingerprint density at radius 1 is 1.09 bits per heavy atom. The van der Waals surface area contributed by atoms with Crippen LogP contribution in [0.15, 0.2) is 70.5 Å². The van der Waals surface area contributed by atoms with Crippen LogP contribution in [0.2, 0.25) is 0 Å². The number of rotatable bonds is 6. The minimum absolute atomic E-state index is 0.120. The number of fused-ring (bicyclic) bond motifs is 1. The second kappa shape index (κ2) is 8.72. The maximum atomic E-state index is 12.8. The number of amides is 1. The lowest BCUT2D eigenvalue weighted by atomic mass is 10.2. The summed E-state index contributed by atoms with van der Waals surface area (Å²) in [5.74, 6) is -0.422. The van der Waals surface area contributed by atoms with Crippen molar-refractivity contribution in [1.29, 1.82) is 0 Å². The lowest BCUT2D eigenvalue weighted by Crippen LogP contribution is -2.41. The van der Waals surface area contributed by atoms with E-state index in [0.29, 0.717) is 10.9 Å². The van der Waals surface area contributed by atoms with Gasteiger partial charge in [0.15, 0.2) is 12.3 Å². The number of carbonyl (C=O) groups is 1. The van der Waals surface area contributed by atoms with Gasteiger partial charge in [0.2, 0.25) is 5.88 Å². The standard InChI is InChI=1S/C22H20N6O4/c1-27(17(29)12-32-21-15-9-5-6-10-16(15)24-13-25-21)18-19(23)28(22(31)26-20(18)30)11-14-7-3-2-4-8-14/h2-10,13H,11-12,23H2,1H3,(H,26,30,31). The minimum atomic E-state index is -0.764. The number of anilines is 2. The molecule has 1 amide bonds. The average Bonchev–Trinajstić information content (AvgIpc) is 2.80. The van der Waals surface area contributed by atoms with Crippen LogP contribution in [0.4, 0.5) is 11.5 Å². The molecule has 3 N–H and O–H groups in total. The quantitative estimate of drug-likeness (QED) is 0.466. The molecule has 0 spiro atoms. The van der Waals surface area contributed by atoms with Crippen LogP contribution >= 0.6 is 0 Å². The number of nitrogens with zero attached hydrogens (tertiary/aromatic N) is 4. The van der Waals surface area contributed by atoms with Crippen LogP contribution in [0.1, 0.15) is 5.56 Å². The molecule has 10 nitrogen and oxygen atoms in total. The van der Waals surface area contributed by atoms with Gasteiger partial charge in [-0.25, -0.2) is 14.8 Å². The van der Waals surface area contributed by atoms with Gasteiger partial charge in [-0.2, -0.15) is 0 Å². The molecule has 10 heteroatoms. The van der Waals surface area contributed by atoms with Gasteiger partial charge in [-0.3, -0.25) is 19.1 Å². The fourth-order valence-corrected chi connectivity index (χ4v) is 3.27. The second-order valence-corrected chi connectivity index (χ2v) is 7.00. The third-order valence-electron chi connectivity index (χ3n) is 4.95. The van der Waals surface area contributed by atoms with E-state index in [9.17, 15) is 14.4 Å². The summed E-state index contributed by atoms with van der Waals surface area (Å²) < 4.78 is 6.79. The summed E-state index contributed by atoms with van der Waals surface area (Å²) in [5, 5.41) is 0.652. The van der Waals surface area contributed by atoms with Crippen LogP contribution in [-0.4, -0.2) is 39.1 Å². The average molecular weight is 432 g/mol. The van der Waals surface area contributed by atoms with E-state index in [2.05, 4.69) is 15.0 Å². The Labute approximate surface area is 181 Å². The number of nitrogen functional groups attached to an aromatic ring is 1. The van der Waals surface area contributed by atoms with Gasteiger partial charge in [0.05, 0.1) is 17.4 Å². The zero-order valence-electron chi connectivity index (χ0n) is 17.2. The minimum Gasteiger partial charge on any atom is -0.467 e. The van der Waals surface area contributed by atoms with Crippen molar-refractivity contribution in [2.75, 3.05) is 24.3 Å². The largest absolute Gasteiger partial charge is 0.467 e. The molecular formula is C22H20N6O4. The van der Waals surface area contributed by atoms with Crippen molar-refractivity contribution < 1.29 is 9.53 Å². The first-order chi connectivity index (χ1) is 15.5. The summed E-state index contributed by atoms with van der Waals surface area (Å²) in [5.41, 5.74) is 6.06. The molecule has 0 unspecified atom stereocenters. The van der Waals surface area contributed by atoms with E-state index in [1.807, 2.05) is 42.5 Å². The number of likely N-dealkylation sites (N-methyl/N-ethyl adjacent to an activating group) is 1. The van der Waals surface area contributed by atoms with E-state index in [-0.39, 0.29) is 23.9 Å². The molecular weight excluding hydrogens is 412 g/mol. The van der Waals surface area contributed by atoms with Crippen LogP contribution in [-0.2, 0) is 11.3 Å². The SMILES string of the molecule is CN(C(=O)COc1ncnc2ccccc12)c1c(N)n(Cc2ccccc2)c(=O)[nH]c1=O. The third kappa shape index (κ3) is 4.06. The molecule has 4 rings (SSSR count). The van der Waals surface area contributed by atoms with Crippen molar-refractivity contribution in [2.45, 2.75) is 6.54 Å². The molecule has 0 aliphatic rings. The monoisotopic (exact) mass is 432 g/mol. The number of aromatic nitrogens is 4. The van der Waals surface area contributed by atoms with Gasteiger partial charge in [0.25, 0.3) is 11.5 Å². The lowest BCUT2D eigenvalue weighted by Gasteiger charge is -2.20. The van der Waals surface area contributed by atoms with Crippen LogP contribution in [0, 0.1) is 0 Å². The van der Waals surface area contributed by atoms with Crippen LogP contribution in [0.3, 0.4) is 0 Å². The molecule has 0 aliphatic carbocycles. The number of para-hydroxylation sites is 1. The highest BCUT2D eigenvalue weighted by atomic mass is 16.5. The Balaban J connectivity index is 1.59. The molecule has 0 fully saturated rings. The van der Waals surface area contributed by atoms with Crippen molar-refractivity contribution in [3.8, 4) is 5.88 Å². The second-order valence-electron chi connectivity index (χ2n) is 7.00. The van der Waals surface area contributed by atoms with Gasteiger partial charge >= 0.3 is 5.69 Å².